The van der Waals surface area contributed by atoms with E-state index in [1.807, 2.05) is 0 Å². The summed E-state index contributed by atoms with van der Waals surface area (Å²) in [5.41, 5.74) is 5.51. The van der Waals surface area contributed by atoms with Gasteiger partial charge in [-0.25, -0.2) is 13.8 Å². The molecule has 0 radical (unpaired) electrons. The first-order valence-corrected chi connectivity index (χ1v) is 4.81. The van der Waals surface area contributed by atoms with E-state index in [9.17, 15) is 13.6 Å². The van der Waals surface area contributed by atoms with Crippen molar-refractivity contribution in [3.8, 4) is 0 Å². The summed E-state index contributed by atoms with van der Waals surface area (Å²) < 4.78 is 24.6. The highest BCUT2D eigenvalue weighted by molar-refractivity contribution is 9.08. The number of nitrogens with two attached hydrogens (primary N) is 1. The topological polar surface area (TPSA) is 56.0 Å². The zero-order valence-electron chi connectivity index (χ0n) is 7.01. The molecule has 1 aromatic heterocycles. The highest BCUT2D eigenvalue weighted by Gasteiger charge is 2.14. The molecule has 0 unspecified atom stereocenters. The molecule has 0 saturated heterocycles. The maximum atomic E-state index is 12.3. The predicted molar refractivity (Wildman–Crippen MR) is 51.6 cm³/mol. The van der Waals surface area contributed by atoms with Crippen molar-refractivity contribution in [2.24, 2.45) is 0 Å². The Hall–Kier alpha value is -1.04. The second-order valence-corrected chi connectivity index (χ2v) is 3.12. The van der Waals surface area contributed by atoms with Gasteiger partial charge in [-0.15, -0.1) is 0 Å². The number of aromatic nitrogens is 1. The van der Waals surface area contributed by atoms with Crippen LogP contribution in [-0.2, 0) is 5.33 Å². The summed E-state index contributed by atoms with van der Waals surface area (Å²) in [5, 5.41) is 0.307. The minimum absolute atomic E-state index is 0.140. The largest absolute Gasteiger partial charge is 0.397 e. The summed E-state index contributed by atoms with van der Waals surface area (Å²) in [6.45, 7) is 0. The van der Waals surface area contributed by atoms with Crippen LogP contribution in [0.25, 0.3) is 0 Å². The number of carbonyl (C=O) groups is 1. The zero-order chi connectivity index (χ0) is 10.7. The van der Waals surface area contributed by atoms with Crippen LogP contribution in [0.3, 0.4) is 0 Å². The summed E-state index contributed by atoms with van der Waals surface area (Å²) >= 11 is 3.09. The lowest BCUT2D eigenvalue weighted by atomic mass is 10.1. The predicted octanol–water partition coefficient (Wildman–Crippen LogP) is 2.31. The van der Waals surface area contributed by atoms with Gasteiger partial charge in [0, 0.05) is 5.33 Å². The van der Waals surface area contributed by atoms with Crippen molar-refractivity contribution in [1.29, 1.82) is 0 Å². The van der Waals surface area contributed by atoms with E-state index < -0.39 is 12.1 Å². The van der Waals surface area contributed by atoms with E-state index in [4.69, 9.17) is 5.73 Å². The smallest absolute Gasteiger partial charge is 0.280 e. The third-order valence-electron chi connectivity index (χ3n) is 1.67. The Balaban J connectivity index is 3.31. The minimum atomic E-state index is -2.70. The Bertz CT molecular complexity index is 357. The molecule has 0 atom stereocenters. The Morgan fingerprint density at radius 3 is 2.71 bits per heavy atom. The normalized spacial score (nSPS) is 10.6. The van der Waals surface area contributed by atoms with Crippen molar-refractivity contribution in [2.75, 3.05) is 5.73 Å². The second kappa shape index (κ2) is 4.45. The lowest BCUT2D eigenvalue weighted by Gasteiger charge is -2.07. The van der Waals surface area contributed by atoms with Crippen LogP contribution in [0.15, 0.2) is 6.07 Å². The number of hydrogen-bond donors (Lipinski definition) is 1. The van der Waals surface area contributed by atoms with Crippen LogP contribution in [0.2, 0.25) is 0 Å². The standard InChI is InChI=1S/C8H7BrF2N2O/c9-2-4-1-5(8(10)11)13-6(3-14)7(4)12/h1,3,8H,2,12H2. The van der Waals surface area contributed by atoms with E-state index in [1.54, 1.807) is 0 Å². The van der Waals surface area contributed by atoms with Gasteiger partial charge in [0.1, 0.15) is 11.4 Å². The molecule has 14 heavy (non-hydrogen) atoms. The van der Waals surface area contributed by atoms with Crippen molar-refractivity contribution in [2.45, 2.75) is 11.8 Å². The second-order valence-electron chi connectivity index (χ2n) is 2.56. The van der Waals surface area contributed by atoms with E-state index in [0.717, 1.165) is 0 Å². The molecule has 0 spiro atoms. The molecule has 1 aromatic rings. The third-order valence-corrected chi connectivity index (χ3v) is 2.28. The van der Waals surface area contributed by atoms with Crippen LogP contribution >= 0.6 is 15.9 Å². The summed E-state index contributed by atoms with van der Waals surface area (Å²) in [7, 11) is 0. The van der Waals surface area contributed by atoms with E-state index in [2.05, 4.69) is 20.9 Å². The van der Waals surface area contributed by atoms with Crippen LogP contribution in [0.5, 0.6) is 0 Å². The van der Waals surface area contributed by atoms with Gasteiger partial charge < -0.3 is 5.73 Å². The van der Waals surface area contributed by atoms with Crippen molar-refractivity contribution < 1.29 is 13.6 Å². The molecule has 0 saturated carbocycles. The van der Waals surface area contributed by atoms with Gasteiger partial charge >= 0.3 is 0 Å². The number of pyridine rings is 1. The van der Waals surface area contributed by atoms with Crippen molar-refractivity contribution in [3.05, 3.63) is 23.0 Å². The first kappa shape index (κ1) is 11.0. The van der Waals surface area contributed by atoms with Gasteiger partial charge in [-0.2, -0.15) is 0 Å². The number of hydrogen-bond acceptors (Lipinski definition) is 3. The maximum absolute atomic E-state index is 12.3. The van der Waals surface area contributed by atoms with Crippen LogP contribution in [0, 0.1) is 0 Å². The summed E-state index contributed by atoms with van der Waals surface area (Å²) in [6.07, 6.45) is -2.33. The molecular formula is C8H7BrF2N2O. The van der Waals surface area contributed by atoms with Crippen molar-refractivity contribution >= 4 is 27.9 Å². The molecule has 1 rings (SSSR count). The van der Waals surface area contributed by atoms with Gasteiger partial charge in [-0.05, 0) is 11.6 Å². The van der Waals surface area contributed by atoms with Crippen molar-refractivity contribution in [1.82, 2.24) is 4.98 Å². The molecule has 0 bridgehead atoms. The number of aldehydes is 1. The highest BCUT2D eigenvalue weighted by atomic mass is 79.9. The Morgan fingerprint density at radius 1 is 1.64 bits per heavy atom. The minimum Gasteiger partial charge on any atom is -0.397 e. The van der Waals surface area contributed by atoms with Gasteiger partial charge in [-0.3, -0.25) is 4.79 Å². The molecule has 0 aliphatic rings. The van der Waals surface area contributed by atoms with Gasteiger partial charge in [0.2, 0.25) is 0 Å². The molecule has 6 heteroatoms. The molecule has 0 aliphatic carbocycles. The first-order chi connectivity index (χ1) is 6.60. The number of alkyl halides is 3. The van der Waals surface area contributed by atoms with Crippen LogP contribution in [-0.4, -0.2) is 11.3 Å². The number of nitrogens with zero attached hydrogens (tertiary/aromatic N) is 1. The van der Waals surface area contributed by atoms with Gasteiger partial charge in [-0.1, -0.05) is 15.9 Å². The fourth-order valence-corrected chi connectivity index (χ4v) is 1.43. The number of carbonyl (C=O) groups excluding carboxylic acids is 1. The molecule has 0 amide bonds. The van der Waals surface area contributed by atoms with Gasteiger partial charge in [0.15, 0.2) is 6.29 Å². The summed E-state index contributed by atoms with van der Waals surface area (Å²) in [5.74, 6) is 0. The lowest BCUT2D eigenvalue weighted by molar-refractivity contribution is 0.111. The van der Waals surface area contributed by atoms with E-state index in [0.29, 0.717) is 17.2 Å². The Morgan fingerprint density at radius 2 is 2.29 bits per heavy atom. The molecule has 0 aromatic carbocycles. The average molecular weight is 265 g/mol. The lowest BCUT2D eigenvalue weighted by Crippen LogP contribution is -2.04. The molecule has 3 nitrogen and oxygen atoms in total. The number of anilines is 1. The Labute approximate surface area is 87.4 Å². The van der Waals surface area contributed by atoms with Crippen LogP contribution < -0.4 is 5.73 Å². The molecule has 2 N–H and O–H groups in total. The average Bonchev–Trinajstić information content (AvgIpc) is 2.17. The summed E-state index contributed by atoms with van der Waals surface area (Å²) in [6, 6.07) is 1.18. The monoisotopic (exact) mass is 264 g/mol. The fraction of sp³-hybridized carbons (Fsp3) is 0.250. The van der Waals surface area contributed by atoms with Crippen LogP contribution in [0.4, 0.5) is 14.5 Å². The maximum Gasteiger partial charge on any atom is 0.280 e. The van der Waals surface area contributed by atoms with Gasteiger partial charge in [0.05, 0.1) is 5.69 Å². The third kappa shape index (κ3) is 2.06. The molecule has 1 heterocycles. The summed E-state index contributed by atoms with van der Waals surface area (Å²) in [4.78, 5) is 13.9. The Kier molecular flexibility index (Phi) is 3.51. The molecule has 0 fully saturated rings. The SMILES string of the molecule is Nc1c(CBr)cc(C(F)F)nc1C=O. The number of halogens is 3. The quantitative estimate of drug-likeness (QED) is 0.674. The number of rotatable bonds is 3. The van der Waals surface area contributed by atoms with Crippen molar-refractivity contribution in [3.63, 3.8) is 0 Å². The van der Waals surface area contributed by atoms with E-state index in [1.165, 1.54) is 6.07 Å². The highest BCUT2D eigenvalue weighted by Crippen LogP contribution is 2.24. The molecule has 76 valence electrons. The zero-order valence-corrected chi connectivity index (χ0v) is 8.59. The first-order valence-electron chi connectivity index (χ1n) is 3.68. The molecule has 0 aliphatic heterocycles. The molecular weight excluding hydrogens is 258 g/mol. The van der Waals surface area contributed by atoms with E-state index >= 15 is 0 Å². The number of nitrogen functional groups attached to an aromatic ring is 1. The van der Waals surface area contributed by atoms with Crippen LogP contribution in [0.1, 0.15) is 28.2 Å². The van der Waals surface area contributed by atoms with Gasteiger partial charge in [0.25, 0.3) is 6.43 Å². The van der Waals surface area contributed by atoms with E-state index in [-0.39, 0.29) is 11.4 Å². The fourth-order valence-electron chi connectivity index (χ4n) is 0.965.